The topological polar surface area (TPSA) is 66.9 Å². The number of H-pyrrole nitrogens is 1. The van der Waals surface area contributed by atoms with Crippen LogP contribution in [0.2, 0.25) is 0 Å². The molecule has 0 spiro atoms. The van der Waals surface area contributed by atoms with E-state index < -0.39 is 5.60 Å². The molecule has 0 unspecified atom stereocenters. The van der Waals surface area contributed by atoms with Crippen molar-refractivity contribution in [3.8, 4) is 0 Å². The summed E-state index contributed by atoms with van der Waals surface area (Å²) in [5.74, 6) is 0.884. The lowest BCUT2D eigenvalue weighted by atomic mass is 9.97. The normalized spacial score (nSPS) is 23.6. The van der Waals surface area contributed by atoms with Gasteiger partial charge in [-0.15, -0.1) is 0 Å². The monoisotopic (exact) mass is 259 g/mol. The van der Waals surface area contributed by atoms with Gasteiger partial charge in [-0.2, -0.15) is 5.10 Å². The zero-order valence-corrected chi connectivity index (χ0v) is 11.1. The molecule has 0 amide bonds. The molecule has 0 saturated carbocycles. The van der Waals surface area contributed by atoms with Crippen LogP contribution in [-0.4, -0.2) is 39.9 Å². The second-order valence-corrected chi connectivity index (χ2v) is 4.99. The second-order valence-electron chi connectivity index (χ2n) is 4.99. The fourth-order valence-corrected chi connectivity index (χ4v) is 2.55. The minimum atomic E-state index is -0.393. The smallest absolute Gasteiger partial charge is 0.147 e. The molecule has 100 valence electrons. The molecule has 1 saturated heterocycles. The summed E-state index contributed by atoms with van der Waals surface area (Å²) in [7, 11) is 0. The minimum absolute atomic E-state index is 0.393. The lowest BCUT2D eigenvalue weighted by molar-refractivity contribution is -0.0502. The molecule has 0 aliphatic carbocycles. The summed E-state index contributed by atoms with van der Waals surface area (Å²) in [6, 6.07) is 0. The molecule has 3 rings (SSSR count). The first kappa shape index (κ1) is 12.1. The molecule has 0 radical (unpaired) electrons. The highest BCUT2D eigenvalue weighted by Gasteiger charge is 2.36. The van der Waals surface area contributed by atoms with E-state index in [-0.39, 0.29) is 0 Å². The number of nitrogens with zero attached hydrogens (tertiary/aromatic N) is 4. The number of ether oxygens (including phenoxy) is 1. The Morgan fingerprint density at radius 2 is 2.26 bits per heavy atom. The summed E-state index contributed by atoms with van der Waals surface area (Å²) >= 11 is 0. The van der Waals surface area contributed by atoms with Crippen LogP contribution in [-0.2, 0) is 10.3 Å². The Morgan fingerprint density at radius 3 is 2.95 bits per heavy atom. The number of aryl methyl sites for hydroxylation is 1. The third-order valence-electron chi connectivity index (χ3n) is 3.51. The van der Waals surface area contributed by atoms with Crippen LogP contribution in [0.4, 0.5) is 5.82 Å². The molecule has 0 bridgehead atoms. The van der Waals surface area contributed by atoms with Crippen molar-refractivity contribution in [1.29, 1.82) is 0 Å². The standard InChI is InChI=1S/C13H17N5O/c1-10-7-16-17-12(10)13(2)9-18(5-6-19-13)11-8-14-3-4-15-11/h3-4,7-8H,5-6,9H2,1-2H3,(H,16,17)/t13-/m1/s1. The summed E-state index contributed by atoms with van der Waals surface area (Å²) < 4.78 is 5.98. The van der Waals surface area contributed by atoms with Gasteiger partial charge in [0.1, 0.15) is 11.4 Å². The van der Waals surface area contributed by atoms with Crippen molar-refractivity contribution in [2.45, 2.75) is 19.4 Å². The van der Waals surface area contributed by atoms with Gasteiger partial charge in [-0.25, -0.2) is 4.98 Å². The van der Waals surface area contributed by atoms with Gasteiger partial charge in [0.25, 0.3) is 0 Å². The predicted octanol–water partition coefficient (Wildman–Crippen LogP) is 1.26. The fourth-order valence-electron chi connectivity index (χ4n) is 2.55. The van der Waals surface area contributed by atoms with Crippen LogP contribution < -0.4 is 4.90 Å². The molecule has 1 aliphatic heterocycles. The molecular weight excluding hydrogens is 242 g/mol. The van der Waals surface area contributed by atoms with Crippen molar-refractivity contribution in [2.24, 2.45) is 0 Å². The molecule has 6 heteroatoms. The van der Waals surface area contributed by atoms with Crippen molar-refractivity contribution in [3.63, 3.8) is 0 Å². The second kappa shape index (κ2) is 4.62. The van der Waals surface area contributed by atoms with E-state index in [0.29, 0.717) is 6.61 Å². The molecule has 3 heterocycles. The van der Waals surface area contributed by atoms with Gasteiger partial charge in [0, 0.05) is 18.9 Å². The largest absolute Gasteiger partial charge is 0.365 e. The Hall–Kier alpha value is -1.95. The maximum Gasteiger partial charge on any atom is 0.147 e. The zero-order chi connectivity index (χ0) is 13.3. The van der Waals surface area contributed by atoms with Crippen LogP contribution in [0, 0.1) is 6.92 Å². The maximum atomic E-state index is 5.98. The highest BCUT2D eigenvalue weighted by Crippen LogP contribution is 2.31. The molecule has 1 atom stereocenters. The van der Waals surface area contributed by atoms with Crippen LogP contribution >= 0.6 is 0 Å². The van der Waals surface area contributed by atoms with E-state index in [9.17, 15) is 0 Å². The molecule has 0 aromatic carbocycles. The molecular formula is C13H17N5O. The van der Waals surface area contributed by atoms with E-state index in [0.717, 1.165) is 30.2 Å². The van der Waals surface area contributed by atoms with Crippen LogP contribution in [0.15, 0.2) is 24.8 Å². The van der Waals surface area contributed by atoms with E-state index >= 15 is 0 Å². The summed E-state index contributed by atoms with van der Waals surface area (Å²) in [5, 5.41) is 7.14. The van der Waals surface area contributed by atoms with Crippen molar-refractivity contribution in [3.05, 3.63) is 36.0 Å². The van der Waals surface area contributed by atoms with E-state index in [2.05, 4.69) is 32.0 Å². The Kier molecular flexibility index (Phi) is 2.94. The highest BCUT2D eigenvalue weighted by molar-refractivity contribution is 5.38. The van der Waals surface area contributed by atoms with Gasteiger partial charge in [-0.1, -0.05) is 0 Å². The molecule has 2 aromatic heterocycles. The van der Waals surface area contributed by atoms with Gasteiger partial charge in [-0.3, -0.25) is 10.1 Å². The van der Waals surface area contributed by atoms with Crippen LogP contribution in [0.5, 0.6) is 0 Å². The maximum absolute atomic E-state index is 5.98. The number of hydrogen-bond donors (Lipinski definition) is 1. The van der Waals surface area contributed by atoms with Crippen molar-refractivity contribution >= 4 is 5.82 Å². The van der Waals surface area contributed by atoms with Crippen LogP contribution in [0.25, 0.3) is 0 Å². The number of anilines is 1. The molecule has 1 fully saturated rings. The number of aromatic amines is 1. The Morgan fingerprint density at radius 1 is 1.37 bits per heavy atom. The van der Waals surface area contributed by atoms with Crippen LogP contribution in [0.3, 0.4) is 0 Å². The lowest BCUT2D eigenvalue weighted by Crippen LogP contribution is -2.49. The molecule has 1 aliphatic rings. The first-order chi connectivity index (χ1) is 9.19. The fraction of sp³-hybridized carbons (Fsp3) is 0.462. The predicted molar refractivity (Wildman–Crippen MR) is 70.9 cm³/mol. The van der Waals surface area contributed by atoms with E-state index in [1.807, 2.05) is 13.1 Å². The number of rotatable bonds is 2. The Bertz CT molecular complexity index is 555. The van der Waals surface area contributed by atoms with Crippen LogP contribution in [0.1, 0.15) is 18.2 Å². The van der Waals surface area contributed by atoms with Crippen molar-refractivity contribution < 1.29 is 4.74 Å². The zero-order valence-electron chi connectivity index (χ0n) is 11.1. The summed E-state index contributed by atoms with van der Waals surface area (Å²) in [4.78, 5) is 10.7. The van der Waals surface area contributed by atoms with E-state index in [4.69, 9.17) is 4.74 Å². The van der Waals surface area contributed by atoms with Gasteiger partial charge in [-0.05, 0) is 19.4 Å². The molecule has 19 heavy (non-hydrogen) atoms. The molecule has 1 N–H and O–H groups in total. The van der Waals surface area contributed by atoms with Gasteiger partial charge in [0.05, 0.1) is 31.2 Å². The third-order valence-corrected chi connectivity index (χ3v) is 3.51. The number of morpholine rings is 1. The SMILES string of the molecule is Cc1cn[nH]c1[C@@]1(C)CN(c2cnccn2)CCO1. The lowest BCUT2D eigenvalue weighted by Gasteiger charge is -2.40. The van der Waals surface area contributed by atoms with Crippen molar-refractivity contribution in [1.82, 2.24) is 20.2 Å². The molecule has 2 aromatic rings. The first-order valence-corrected chi connectivity index (χ1v) is 6.34. The summed E-state index contributed by atoms with van der Waals surface area (Å²) in [6.45, 7) is 6.33. The summed E-state index contributed by atoms with van der Waals surface area (Å²) in [6.07, 6.45) is 7.00. The minimum Gasteiger partial charge on any atom is -0.365 e. The highest BCUT2D eigenvalue weighted by atomic mass is 16.5. The number of nitrogens with one attached hydrogen (secondary N) is 1. The average Bonchev–Trinajstić information content (AvgIpc) is 2.87. The first-order valence-electron chi connectivity index (χ1n) is 6.34. The number of aromatic nitrogens is 4. The van der Waals surface area contributed by atoms with E-state index in [1.165, 1.54) is 0 Å². The third kappa shape index (κ3) is 2.19. The van der Waals surface area contributed by atoms with Crippen molar-refractivity contribution in [2.75, 3.05) is 24.6 Å². The van der Waals surface area contributed by atoms with Gasteiger partial charge >= 0.3 is 0 Å². The Balaban J connectivity index is 1.88. The average molecular weight is 259 g/mol. The number of hydrogen-bond acceptors (Lipinski definition) is 5. The van der Waals surface area contributed by atoms with E-state index in [1.54, 1.807) is 18.6 Å². The summed E-state index contributed by atoms with van der Waals surface area (Å²) in [5.41, 5.74) is 1.75. The van der Waals surface area contributed by atoms with Gasteiger partial charge < -0.3 is 9.64 Å². The molecule has 6 nitrogen and oxygen atoms in total. The quantitative estimate of drug-likeness (QED) is 0.879. The van der Waals surface area contributed by atoms with Gasteiger partial charge in [0.2, 0.25) is 0 Å². The Labute approximate surface area is 111 Å². The van der Waals surface area contributed by atoms with Gasteiger partial charge in [0.15, 0.2) is 0 Å².